The van der Waals surface area contributed by atoms with E-state index in [1.165, 1.54) is 6.08 Å². The van der Waals surface area contributed by atoms with Gasteiger partial charge in [0.05, 0.1) is 29.9 Å². The summed E-state index contributed by atoms with van der Waals surface area (Å²) in [5.74, 6) is 1.00. The Labute approximate surface area is 222 Å². The van der Waals surface area contributed by atoms with E-state index in [4.69, 9.17) is 4.74 Å². The molecule has 1 aliphatic rings. The van der Waals surface area contributed by atoms with Crippen LogP contribution in [0.2, 0.25) is 0 Å². The number of para-hydroxylation sites is 1. The van der Waals surface area contributed by atoms with Gasteiger partial charge in [0.2, 0.25) is 5.91 Å². The summed E-state index contributed by atoms with van der Waals surface area (Å²) >= 11 is 0. The molecule has 0 spiro atoms. The van der Waals surface area contributed by atoms with Gasteiger partial charge in [0.25, 0.3) is 0 Å². The van der Waals surface area contributed by atoms with Crippen molar-refractivity contribution in [1.82, 2.24) is 19.4 Å². The number of hydrogen-bond acceptors (Lipinski definition) is 7. The van der Waals surface area contributed by atoms with Crippen LogP contribution in [0.1, 0.15) is 6.92 Å². The Kier molecular flexibility index (Phi) is 7.28. The lowest BCUT2D eigenvalue weighted by Crippen LogP contribution is -2.46. The number of likely N-dealkylation sites (N-methyl/N-ethyl adjacent to an activating group) is 1. The van der Waals surface area contributed by atoms with Crippen LogP contribution in [0, 0.1) is 0 Å². The fourth-order valence-corrected chi connectivity index (χ4v) is 4.94. The molecule has 2 aromatic carbocycles. The monoisotopic (exact) mass is 511 g/mol. The summed E-state index contributed by atoms with van der Waals surface area (Å²) < 4.78 is 7.87. The minimum Gasteiger partial charge on any atom is -0.494 e. The maximum Gasteiger partial charge on any atom is 0.247 e. The Hall–Kier alpha value is -4.37. The third-order valence-electron chi connectivity index (χ3n) is 7.02. The number of ether oxygens (including phenoxy) is 1. The van der Waals surface area contributed by atoms with Crippen molar-refractivity contribution in [2.24, 2.45) is 7.05 Å². The van der Waals surface area contributed by atoms with Crippen LogP contribution in [0.5, 0.6) is 5.75 Å². The number of aromatic nitrogens is 3. The van der Waals surface area contributed by atoms with Crippen LogP contribution in [-0.4, -0.2) is 65.2 Å². The first-order chi connectivity index (χ1) is 18.5. The van der Waals surface area contributed by atoms with Crippen molar-refractivity contribution in [3.05, 3.63) is 67.6 Å². The highest BCUT2D eigenvalue weighted by Crippen LogP contribution is 2.39. The van der Waals surface area contributed by atoms with Gasteiger partial charge < -0.3 is 29.7 Å². The van der Waals surface area contributed by atoms with Gasteiger partial charge in [0, 0.05) is 68.0 Å². The topological polar surface area (TPSA) is 87.5 Å². The van der Waals surface area contributed by atoms with Crippen LogP contribution >= 0.6 is 0 Å². The molecule has 4 aromatic rings. The lowest BCUT2D eigenvalue weighted by atomic mass is 10.1. The fraction of sp³-hybridized carbons (Fsp3) is 0.276. The maximum absolute atomic E-state index is 12.3. The Balaban J connectivity index is 1.49. The van der Waals surface area contributed by atoms with Gasteiger partial charge in [-0.1, -0.05) is 31.7 Å². The number of amides is 1. The predicted molar refractivity (Wildman–Crippen MR) is 153 cm³/mol. The van der Waals surface area contributed by atoms with E-state index in [-0.39, 0.29) is 5.91 Å². The van der Waals surface area contributed by atoms with Gasteiger partial charge in [-0.25, -0.2) is 9.97 Å². The summed E-state index contributed by atoms with van der Waals surface area (Å²) in [5, 5.41) is 7.48. The second kappa shape index (κ2) is 10.9. The van der Waals surface area contributed by atoms with E-state index in [0.717, 1.165) is 60.6 Å². The van der Waals surface area contributed by atoms with Crippen molar-refractivity contribution in [3.63, 3.8) is 0 Å². The number of rotatable bonds is 8. The Morgan fingerprint density at radius 1 is 1.11 bits per heavy atom. The van der Waals surface area contributed by atoms with E-state index in [1.54, 1.807) is 13.4 Å². The molecule has 0 atom stereocenters. The molecule has 0 unspecified atom stereocenters. The zero-order chi connectivity index (χ0) is 26.6. The van der Waals surface area contributed by atoms with Crippen LogP contribution in [0.3, 0.4) is 0 Å². The number of fused-ring (bicyclic) bond motifs is 1. The summed E-state index contributed by atoms with van der Waals surface area (Å²) in [5.41, 5.74) is 5.26. The zero-order valence-corrected chi connectivity index (χ0v) is 22.1. The molecule has 1 aliphatic heterocycles. The number of anilines is 4. The number of carbonyl (C=O) groups excluding carboxylic acids is 1. The SMILES string of the molecule is C=CC(=O)Nc1cc(Nc2cc(-c3cn(C)c4ccccc34)ncn2)c(OC)cc1N1CCN(CC)CC1. The van der Waals surface area contributed by atoms with Gasteiger partial charge in [-0.2, -0.15) is 0 Å². The number of nitrogens with zero attached hydrogens (tertiary/aromatic N) is 5. The minimum atomic E-state index is -0.269. The number of hydrogen-bond donors (Lipinski definition) is 2. The molecule has 0 aliphatic carbocycles. The molecule has 0 bridgehead atoms. The van der Waals surface area contributed by atoms with E-state index in [9.17, 15) is 4.79 Å². The normalized spacial score (nSPS) is 13.9. The van der Waals surface area contributed by atoms with E-state index in [0.29, 0.717) is 22.9 Å². The highest BCUT2D eigenvalue weighted by Gasteiger charge is 2.22. The average Bonchev–Trinajstić information content (AvgIpc) is 3.30. The van der Waals surface area contributed by atoms with Crippen LogP contribution < -0.4 is 20.3 Å². The number of piperazine rings is 1. The molecule has 2 N–H and O–H groups in total. The molecule has 38 heavy (non-hydrogen) atoms. The molecule has 1 saturated heterocycles. The van der Waals surface area contributed by atoms with Gasteiger partial charge in [0.15, 0.2) is 0 Å². The quantitative estimate of drug-likeness (QED) is 0.333. The van der Waals surface area contributed by atoms with Gasteiger partial charge in [-0.15, -0.1) is 0 Å². The highest BCUT2D eigenvalue weighted by molar-refractivity contribution is 6.02. The van der Waals surface area contributed by atoms with E-state index in [2.05, 4.69) is 66.8 Å². The largest absolute Gasteiger partial charge is 0.494 e. The first-order valence-electron chi connectivity index (χ1n) is 12.8. The summed E-state index contributed by atoms with van der Waals surface area (Å²) in [7, 11) is 3.67. The molecular weight excluding hydrogens is 478 g/mol. The third kappa shape index (κ3) is 5.05. The molecule has 1 fully saturated rings. The van der Waals surface area contributed by atoms with E-state index in [1.807, 2.05) is 37.4 Å². The smallest absolute Gasteiger partial charge is 0.247 e. The van der Waals surface area contributed by atoms with Crippen LogP contribution in [0.25, 0.3) is 22.2 Å². The van der Waals surface area contributed by atoms with Crippen molar-refractivity contribution in [3.8, 4) is 17.0 Å². The average molecular weight is 512 g/mol. The molecule has 196 valence electrons. The number of carbonyl (C=O) groups is 1. The van der Waals surface area contributed by atoms with Crippen molar-refractivity contribution in [2.45, 2.75) is 6.92 Å². The second-order valence-corrected chi connectivity index (χ2v) is 9.27. The second-order valence-electron chi connectivity index (χ2n) is 9.27. The molecule has 1 amide bonds. The number of methoxy groups -OCH3 is 1. The van der Waals surface area contributed by atoms with Gasteiger partial charge >= 0.3 is 0 Å². The van der Waals surface area contributed by atoms with Gasteiger partial charge in [0.1, 0.15) is 17.9 Å². The van der Waals surface area contributed by atoms with Crippen LogP contribution in [0.4, 0.5) is 22.9 Å². The molecule has 0 radical (unpaired) electrons. The number of nitrogens with one attached hydrogen (secondary N) is 2. The highest BCUT2D eigenvalue weighted by atomic mass is 16.5. The maximum atomic E-state index is 12.3. The van der Waals surface area contributed by atoms with Crippen molar-refractivity contribution in [1.29, 1.82) is 0 Å². The van der Waals surface area contributed by atoms with E-state index < -0.39 is 0 Å². The molecule has 5 rings (SSSR count). The summed E-state index contributed by atoms with van der Waals surface area (Å²) in [6.45, 7) is 10.5. The van der Waals surface area contributed by atoms with Gasteiger partial charge in [-0.3, -0.25) is 4.79 Å². The molecule has 3 heterocycles. The molecule has 0 saturated carbocycles. The molecule has 9 nitrogen and oxygen atoms in total. The van der Waals surface area contributed by atoms with Crippen LogP contribution in [-0.2, 0) is 11.8 Å². The Bertz CT molecular complexity index is 1470. The minimum absolute atomic E-state index is 0.269. The first kappa shape index (κ1) is 25.3. The lowest BCUT2D eigenvalue weighted by Gasteiger charge is -2.36. The molecule has 9 heteroatoms. The Morgan fingerprint density at radius 2 is 1.89 bits per heavy atom. The lowest BCUT2D eigenvalue weighted by molar-refractivity contribution is -0.111. The first-order valence-corrected chi connectivity index (χ1v) is 12.8. The zero-order valence-electron chi connectivity index (χ0n) is 22.1. The van der Waals surface area contributed by atoms with Gasteiger partial charge in [-0.05, 0) is 24.8 Å². The standard InChI is InChI=1S/C29H33N7O2/c1-5-29(37)33-23-15-24(27(38-4)17-26(23)36-13-11-35(6-2)12-14-36)32-28-16-22(30-19-31-28)21-18-34(3)25-10-8-7-9-20(21)25/h5,7-10,15-19H,1,6,11-14H2,2-4H3,(H,33,37)(H,30,31,32). The fourth-order valence-electron chi connectivity index (χ4n) is 4.94. The molecule has 2 aromatic heterocycles. The van der Waals surface area contributed by atoms with Crippen molar-refractivity contribution < 1.29 is 9.53 Å². The third-order valence-corrected chi connectivity index (χ3v) is 7.02. The van der Waals surface area contributed by atoms with E-state index >= 15 is 0 Å². The number of aryl methyl sites for hydroxylation is 1. The summed E-state index contributed by atoms with van der Waals surface area (Å²) in [6.07, 6.45) is 4.90. The molecular formula is C29H33N7O2. The summed E-state index contributed by atoms with van der Waals surface area (Å²) in [6, 6.07) is 14.0. The number of benzene rings is 2. The predicted octanol–water partition coefficient (Wildman–Crippen LogP) is 4.65. The van der Waals surface area contributed by atoms with Crippen LogP contribution in [0.15, 0.2) is 67.6 Å². The van der Waals surface area contributed by atoms with Crippen molar-refractivity contribution >= 4 is 39.7 Å². The summed E-state index contributed by atoms with van der Waals surface area (Å²) in [4.78, 5) is 26.0. The van der Waals surface area contributed by atoms with Crippen molar-refractivity contribution in [2.75, 3.05) is 55.4 Å². The Morgan fingerprint density at radius 3 is 2.63 bits per heavy atom.